The standard InChI is InChI=1S/C30H31ClN4O4/c1-15(2)26(34-30(37)38-4)29(36)35-16(3)5-10-24(35)28-32-23-9-6-17-11-21-18(12-22(17)27(23)33-28)14-39-25-13-19(31)7-8-20(21)25/h6-9,11-13,15-16,24,26H,5,10,14H2,1-4H3,(H,32,33)(H,34,37)/t16-,24-,26?/m0/s1. The van der Waals surface area contributed by atoms with Gasteiger partial charge in [-0.1, -0.05) is 31.5 Å². The molecule has 0 aliphatic carbocycles. The Morgan fingerprint density at radius 1 is 1.15 bits per heavy atom. The van der Waals surface area contributed by atoms with E-state index in [1.165, 1.54) is 7.11 Å². The molecular formula is C30H31ClN4O4. The van der Waals surface area contributed by atoms with Gasteiger partial charge in [0.05, 0.1) is 24.2 Å². The van der Waals surface area contributed by atoms with Crippen molar-refractivity contribution in [3.05, 3.63) is 58.9 Å². The van der Waals surface area contributed by atoms with Crippen LogP contribution in [-0.2, 0) is 16.1 Å². The van der Waals surface area contributed by atoms with Crippen LogP contribution in [0.1, 0.15) is 51.0 Å². The number of H-pyrrole nitrogens is 1. The number of carbonyl (C=O) groups is 2. The zero-order valence-electron chi connectivity index (χ0n) is 22.4. The molecule has 0 saturated carbocycles. The van der Waals surface area contributed by atoms with Gasteiger partial charge in [-0.15, -0.1) is 0 Å². The summed E-state index contributed by atoms with van der Waals surface area (Å²) < 4.78 is 10.8. The van der Waals surface area contributed by atoms with Crippen molar-refractivity contribution >= 4 is 45.4 Å². The van der Waals surface area contributed by atoms with Crippen LogP contribution in [-0.4, -0.2) is 46.1 Å². The molecule has 2 aliphatic heterocycles. The summed E-state index contributed by atoms with van der Waals surface area (Å²) in [5.41, 5.74) is 5.04. The fourth-order valence-corrected chi connectivity index (χ4v) is 6.08. The van der Waals surface area contributed by atoms with Crippen LogP contribution in [0.4, 0.5) is 4.79 Å². The van der Waals surface area contributed by atoms with E-state index in [1.54, 1.807) is 0 Å². The van der Waals surface area contributed by atoms with Crippen LogP contribution in [0, 0.1) is 5.92 Å². The van der Waals surface area contributed by atoms with E-state index in [2.05, 4.69) is 28.5 Å². The molecule has 202 valence electrons. The highest BCUT2D eigenvalue weighted by Crippen LogP contribution is 2.42. The normalized spacial score (nSPS) is 19.1. The predicted molar refractivity (Wildman–Crippen MR) is 151 cm³/mol. The van der Waals surface area contributed by atoms with Gasteiger partial charge in [0.15, 0.2) is 0 Å². The smallest absolute Gasteiger partial charge is 0.407 e. The molecule has 2 amide bonds. The van der Waals surface area contributed by atoms with Crippen LogP contribution in [0.3, 0.4) is 0 Å². The summed E-state index contributed by atoms with van der Waals surface area (Å²) in [6.07, 6.45) is 1.03. The van der Waals surface area contributed by atoms with Gasteiger partial charge in [-0.05, 0) is 78.6 Å². The summed E-state index contributed by atoms with van der Waals surface area (Å²) in [6.45, 7) is 6.33. The van der Waals surface area contributed by atoms with E-state index in [4.69, 9.17) is 26.1 Å². The number of benzene rings is 3. The molecule has 0 radical (unpaired) electrons. The number of nitrogens with zero attached hydrogens (tertiary/aromatic N) is 2. The molecule has 1 aromatic heterocycles. The number of rotatable bonds is 4. The molecule has 1 saturated heterocycles. The average Bonchev–Trinajstić information content (AvgIpc) is 3.53. The number of alkyl carbamates (subject to hydrolysis) is 1. The van der Waals surface area contributed by atoms with E-state index in [1.807, 2.05) is 49.9 Å². The molecule has 1 unspecified atom stereocenters. The van der Waals surface area contributed by atoms with Crippen LogP contribution >= 0.6 is 11.6 Å². The Balaban J connectivity index is 1.38. The zero-order valence-corrected chi connectivity index (χ0v) is 23.1. The van der Waals surface area contributed by atoms with Crippen LogP contribution in [0.5, 0.6) is 5.75 Å². The molecule has 4 aromatic rings. The van der Waals surface area contributed by atoms with Crippen LogP contribution in [0.2, 0.25) is 5.02 Å². The number of carbonyl (C=O) groups excluding carboxylic acids is 2. The quantitative estimate of drug-likeness (QED) is 0.310. The molecule has 0 bridgehead atoms. The molecule has 1 fully saturated rings. The second-order valence-corrected chi connectivity index (χ2v) is 11.2. The van der Waals surface area contributed by atoms with E-state index in [0.717, 1.165) is 62.9 Å². The largest absolute Gasteiger partial charge is 0.488 e. The summed E-state index contributed by atoms with van der Waals surface area (Å²) in [4.78, 5) is 36.1. The maximum atomic E-state index is 13.7. The second-order valence-electron chi connectivity index (χ2n) is 10.8. The number of aromatic nitrogens is 2. The van der Waals surface area contributed by atoms with E-state index in [0.29, 0.717) is 11.6 Å². The van der Waals surface area contributed by atoms with Crippen molar-refractivity contribution in [2.75, 3.05) is 7.11 Å². The molecule has 3 heterocycles. The lowest BCUT2D eigenvalue weighted by atomic mass is 9.93. The average molecular weight is 547 g/mol. The van der Waals surface area contributed by atoms with Gasteiger partial charge in [0, 0.05) is 22.0 Å². The third-order valence-electron chi connectivity index (χ3n) is 7.96. The minimum absolute atomic E-state index is 0.0193. The first kappa shape index (κ1) is 25.5. The van der Waals surface area contributed by atoms with Crippen molar-refractivity contribution in [3.8, 4) is 16.9 Å². The molecule has 2 N–H and O–H groups in total. The fourth-order valence-electron chi connectivity index (χ4n) is 5.91. The maximum absolute atomic E-state index is 13.7. The number of methoxy groups -OCH3 is 1. The third kappa shape index (κ3) is 4.36. The molecule has 2 aliphatic rings. The molecule has 6 rings (SSSR count). The van der Waals surface area contributed by atoms with Gasteiger partial charge in [-0.3, -0.25) is 4.79 Å². The molecule has 3 aromatic carbocycles. The number of hydrogen-bond donors (Lipinski definition) is 2. The number of likely N-dealkylation sites (tertiary alicyclic amines) is 1. The molecule has 3 atom stereocenters. The van der Waals surface area contributed by atoms with E-state index < -0.39 is 12.1 Å². The van der Waals surface area contributed by atoms with Crippen LogP contribution < -0.4 is 10.1 Å². The van der Waals surface area contributed by atoms with Gasteiger partial charge < -0.3 is 24.7 Å². The predicted octanol–water partition coefficient (Wildman–Crippen LogP) is 6.36. The lowest BCUT2D eigenvalue weighted by Gasteiger charge is -2.32. The van der Waals surface area contributed by atoms with Gasteiger partial charge in [0.2, 0.25) is 5.91 Å². The first-order valence-electron chi connectivity index (χ1n) is 13.3. The van der Waals surface area contributed by atoms with Crippen LogP contribution in [0.25, 0.3) is 32.9 Å². The number of aromatic amines is 1. The zero-order chi connectivity index (χ0) is 27.4. The lowest BCUT2D eigenvalue weighted by Crippen LogP contribution is -2.52. The fraction of sp³-hybridized carbons (Fsp3) is 0.367. The van der Waals surface area contributed by atoms with E-state index >= 15 is 0 Å². The van der Waals surface area contributed by atoms with Gasteiger partial charge in [0.25, 0.3) is 0 Å². The summed E-state index contributed by atoms with van der Waals surface area (Å²) in [5.74, 6) is 1.32. The Morgan fingerprint density at radius 3 is 2.74 bits per heavy atom. The van der Waals surface area contributed by atoms with Crippen LogP contribution in [0.15, 0.2) is 42.5 Å². The Labute approximate surface area is 231 Å². The van der Waals surface area contributed by atoms with E-state index in [9.17, 15) is 9.59 Å². The summed E-state index contributed by atoms with van der Waals surface area (Å²) in [6, 6.07) is 13.3. The Bertz CT molecular complexity index is 1610. The number of amides is 2. The molecular weight excluding hydrogens is 516 g/mol. The van der Waals surface area contributed by atoms with E-state index in [-0.39, 0.29) is 23.9 Å². The van der Waals surface area contributed by atoms with Crippen molar-refractivity contribution in [2.45, 2.75) is 58.3 Å². The minimum Gasteiger partial charge on any atom is -0.488 e. The maximum Gasteiger partial charge on any atom is 0.407 e. The van der Waals surface area contributed by atoms with Gasteiger partial charge in [0.1, 0.15) is 24.2 Å². The highest BCUT2D eigenvalue weighted by Gasteiger charge is 2.41. The molecule has 9 heteroatoms. The lowest BCUT2D eigenvalue weighted by molar-refractivity contribution is -0.137. The van der Waals surface area contributed by atoms with Crippen molar-refractivity contribution in [1.29, 1.82) is 0 Å². The van der Waals surface area contributed by atoms with Crippen molar-refractivity contribution in [2.24, 2.45) is 5.92 Å². The first-order valence-corrected chi connectivity index (χ1v) is 13.7. The van der Waals surface area contributed by atoms with Crippen molar-refractivity contribution < 1.29 is 19.1 Å². The summed E-state index contributed by atoms with van der Waals surface area (Å²) in [7, 11) is 1.30. The molecule has 0 spiro atoms. The minimum atomic E-state index is -0.685. The SMILES string of the molecule is COC(=O)NC(C(=O)N1[C@@H](C)CC[C@H]1c1nc2c(ccc3cc4c(cc32)COc2cc(Cl)ccc2-4)[nH]1)C(C)C. The van der Waals surface area contributed by atoms with Crippen molar-refractivity contribution in [1.82, 2.24) is 20.2 Å². The summed E-state index contributed by atoms with van der Waals surface area (Å²) >= 11 is 6.18. The highest BCUT2D eigenvalue weighted by molar-refractivity contribution is 6.30. The number of hydrogen-bond acceptors (Lipinski definition) is 5. The number of ether oxygens (including phenoxy) is 2. The van der Waals surface area contributed by atoms with Gasteiger partial charge in [-0.2, -0.15) is 0 Å². The summed E-state index contributed by atoms with van der Waals surface area (Å²) in [5, 5.41) is 5.49. The van der Waals surface area contributed by atoms with Crippen molar-refractivity contribution in [3.63, 3.8) is 0 Å². The molecule has 39 heavy (non-hydrogen) atoms. The Kier molecular flexibility index (Phi) is 6.38. The second kappa shape index (κ2) is 9.75. The number of imidazole rings is 1. The van der Waals surface area contributed by atoms with Gasteiger partial charge in [-0.25, -0.2) is 9.78 Å². The number of halogens is 1. The Hall–Kier alpha value is -3.78. The first-order chi connectivity index (χ1) is 18.7. The number of fused-ring (bicyclic) bond motifs is 6. The monoisotopic (exact) mass is 546 g/mol. The topological polar surface area (TPSA) is 96.6 Å². The molecule has 8 nitrogen and oxygen atoms in total. The highest BCUT2D eigenvalue weighted by atomic mass is 35.5. The number of nitrogens with one attached hydrogen (secondary N) is 2. The van der Waals surface area contributed by atoms with Gasteiger partial charge >= 0.3 is 6.09 Å². The Morgan fingerprint density at radius 2 is 1.97 bits per heavy atom. The third-order valence-corrected chi connectivity index (χ3v) is 8.19.